The Kier molecular flexibility index (Phi) is 3.60. The van der Waals surface area contributed by atoms with Crippen LogP contribution < -0.4 is 16.6 Å². The van der Waals surface area contributed by atoms with Gasteiger partial charge in [-0.05, 0) is 62.1 Å². The third-order valence-electron chi connectivity index (χ3n) is 10.5. The first-order valence-corrected chi connectivity index (χ1v) is 15.3. The van der Waals surface area contributed by atoms with Gasteiger partial charge in [-0.2, -0.15) is 0 Å². The standard InChI is InChI=1S/C40H21BN2O/c1-2-11-24-22(9-1)23-10-3-4-13-26(23)35-27(24)19-20-32-36(35)29-21-44-40-39(29)43(32)34-18-8-17-33-37(34)41(40)30-15-7-14-28-25-12-5-6-16-31(25)42(33)38(28)30/h1-21H. The van der Waals surface area contributed by atoms with Gasteiger partial charge in [0.25, 0.3) is 6.71 Å². The van der Waals surface area contributed by atoms with E-state index in [9.17, 15) is 0 Å². The number of furan rings is 1. The van der Waals surface area contributed by atoms with Gasteiger partial charge in [0.1, 0.15) is 0 Å². The molecule has 0 fully saturated rings. The third-order valence-corrected chi connectivity index (χ3v) is 10.5. The summed E-state index contributed by atoms with van der Waals surface area (Å²) < 4.78 is 11.7. The Balaban J connectivity index is 1.31. The second kappa shape index (κ2) is 7.24. The fourth-order valence-electron chi connectivity index (χ4n) is 8.98. The summed E-state index contributed by atoms with van der Waals surface area (Å²) in [6.07, 6.45) is 2.03. The number of aromatic nitrogens is 2. The molecule has 12 rings (SSSR count). The molecule has 0 amide bonds. The smallest absolute Gasteiger partial charge is 0.297 e. The summed E-state index contributed by atoms with van der Waals surface area (Å²) in [5.41, 5.74) is 11.1. The number of nitrogens with zero attached hydrogens (tertiary/aromatic N) is 2. The Morgan fingerprint density at radius 2 is 1.05 bits per heavy atom. The van der Waals surface area contributed by atoms with E-state index in [1.165, 1.54) is 98.2 Å². The number of hydrogen-bond donors (Lipinski definition) is 0. The van der Waals surface area contributed by atoms with E-state index in [0.29, 0.717) is 0 Å². The van der Waals surface area contributed by atoms with Crippen molar-refractivity contribution in [2.45, 2.75) is 0 Å². The summed E-state index contributed by atoms with van der Waals surface area (Å²) in [6, 6.07) is 44.8. The van der Waals surface area contributed by atoms with Crippen LogP contribution in [0, 0.1) is 0 Å². The second-order valence-corrected chi connectivity index (χ2v) is 12.4. The molecule has 0 unspecified atom stereocenters. The van der Waals surface area contributed by atoms with Crippen molar-refractivity contribution < 1.29 is 4.42 Å². The maximum Gasteiger partial charge on any atom is 0.297 e. The lowest BCUT2D eigenvalue weighted by atomic mass is 9.36. The summed E-state index contributed by atoms with van der Waals surface area (Å²) in [7, 11) is 0. The lowest BCUT2D eigenvalue weighted by Crippen LogP contribution is -2.58. The van der Waals surface area contributed by atoms with E-state index < -0.39 is 0 Å². The molecule has 4 heteroatoms. The summed E-state index contributed by atoms with van der Waals surface area (Å²) >= 11 is 0. The van der Waals surface area contributed by atoms with Crippen LogP contribution in [0.5, 0.6) is 0 Å². The molecule has 44 heavy (non-hydrogen) atoms. The van der Waals surface area contributed by atoms with E-state index in [0.717, 1.165) is 5.66 Å². The highest BCUT2D eigenvalue weighted by Gasteiger charge is 2.43. The van der Waals surface area contributed by atoms with Gasteiger partial charge in [0.05, 0.1) is 28.5 Å². The predicted octanol–water partition coefficient (Wildman–Crippen LogP) is 8.08. The van der Waals surface area contributed by atoms with Crippen LogP contribution in [0.1, 0.15) is 0 Å². The molecule has 0 radical (unpaired) electrons. The summed E-state index contributed by atoms with van der Waals surface area (Å²) in [5, 5.41) is 12.8. The zero-order valence-corrected chi connectivity index (χ0v) is 23.5. The quantitative estimate of drug-likeness (QED) is 0.137. The predicted molar refractivity (Wildman–Crippen MR) is 185 cm³/mol. The number of benzene rings is 7. The van der Waals surface area contributed by atoms with Crippen molar-refractivity contribution in [3.8, 4) is 11.4 Å². The molecule has 0 atom stereocenters. The van der Waals surface area contributed by atoms with Gasteiger partial charge in [0.15, 0.2) is 0 Å². The topological polar surface area (TPSA) is 23.0 Å². The Bertz CT molecular complexity index is 2920. The molecule has 3 nitrogen and oxygen atoms in total. The zero-order chi connectivity index (χ0) is 28.3. The van der Waals surface area contributed by atoms with Gasteiger partial charge in [0, 0.05) is 43.8 Å². The number of para-hydroxylation sites is 2. The van der Waals surface area contributed by atoms with Gasteiger partial charge >= 0.3 is 0 Å². The molecule has 5 heterocycles. The van der Waals surface area contributed by atoms with E-state index in [4.69, 9.17) is 4.42 Å². The van der Waals surface area contributed by atoms with Gasteiger partial charge in [-0.3, -0.25) is 0 Å². The minimum atomic E-state index is 0.0277. The molecule has 7 aromatic carbocycles. The molecule has 0 saturated heterocycles. The normalized spacial score (nSPS) is 13.4. The van der Waals surface area contributed by atoms with Crippen molar-refractivity contribution in [1.82, 2.24) is 9.13 Å². The van der Waals surface area contributed by atoms with Crippen LogP contribution in [0.25, 0.3) is 87.3 Å². The van der Waals surface area contributed by atoms with Crippen LogP contribution in [0.2, 0.25) is 0 Å². The Morgan fingerprint density at radius 3 is 1.84 bits per heavy atom. The summed E-state index contributed by atoms with van der Waals surface area (Å²) in [5.74, 6) is 0. The van der Waals surface area contributed by atoms with Crippen molar-refractivity contribution in [3.63, 3.8) is 0 Å². The van der Waals surface area contributed by atoms with Crippen molar-refractivity contribution in [2.75, 3.05) is 0 Å². The molecule has 0 saturated carbocycles. The van der Waals surface area contributed by atoms with E-state index in [1.807, 2.05) is 6.26 Å². The van der Waals surface area contributed by atoms with E-state index in [1.54, 1.807) is 0 Å². The van der Waals surface area contributed by atoms with Crippen molar-refractivity contribution in [2.24, 2.45) is 0 Å². The molecule has 10 aromatic rings. The Morgan fingerprint density at radius 1 is 0.432 bits per heavy atom. The SMILES string of the molecule is c1cc2c3c(c1)-n1c4ccc5c6ccccc6c6ccccc6c5c4c4coc(c41)B3c1cccc3c4ccccc4n-2c13. The maximum atomic E-state index is 6.73. The highest BCUT2D eigenvalue weighted by Crippen LogP contribution is 2.45. The minimum absolute atomic E-state index is 0.0277. The van der Waals surface area contributed by atoms with Crippen LogP contribution in [0.15, 0.2) is 132 Å². The van der Waals surface area contributed by atoms with Crippen LogP contribution >= 0.6 is 0 Å². The second-order valence-electron chi connectivity index (χ2n) is 12.4. The van der Waals surface area contributed by atoms with Crippen LogP contribution in [-0.4, -0.2) is 15.8 Å². The van der Waals surface area contributed by atoms with E-state index in [2.05, 4.69) is 130 Å². The third kappa shape index (κ3) is 2.26. The molecule has 0 N–H and O–H groups in total. The highest BCUT2D eigenvalue weighted by atomic mass is 16.3. The number of fused-ring (bicyclic) bond motifs is 17. The lowest BCUT2D eigenvalue weighted by Gasteiger charge is -2.31. The maximum absolute atomic E-state index is 6.73. The fraction of sp³-hybridized carbons (Fsp3) is 0. The molecular formula is C40H21BN2O. The van der Waals surface area contributed by atoms with E-state index >= 15 is 0 Å². The van der Waals surface area contributed by atoms with Gasteiger partial charge < -0.3 is 13.6 Å². The van der Waals surface area contributed by atoms with Crippen molar-refractivity contribution in [3.05, 3.63) is 128 Å². The monoisotopic (exact) mass is 556 g/mol. The van der Waals surface area contributed by atoms with Gasteiger partial charge in [-0.25, -0.2) is 0 Å². The fourth-order valence-corrected chi connectivity index (χ4v) is 8.98. The van der Waals surface area contributed by atoms with Crippen molar-refractivity contribution >= 4 is 99.2 Å². The van der Waals surface area contributed by atoms with Crippen molar-refractivity contribution in [1.29, 1.82) is 0 Å². The molecule has 2 aliphatic rings. The summed E-state index contributed by atoms with van der Waals surface area (Å²) in [4.78, 5) is 0. The molecule has 0 bridgehead atoms. The van der Waals surface area contributed by atoms with Crippen LogP contribution in [0.3, 0.4) is 0 Å². The lowest BCUT2D eigenvalue weighted by molar-refractivity contribution is 0.603. The largest absolute Gasteiger partial charge is 0.476 e. The number of hydrogen-bond acceptors (Lipinski definition) is 1. The molecule has 3 aromatic heterocycles. The first-order chi connectivity index (χ1) is 21.9. The molecule has 200 valence electrons. The minimum Gasteiger partial charge on any atom is -0.476 e. The molecule has 2 aliphatic heterocycles. The summed E-state index contributed by atoms with van der Waals surface area (Å²) in [6.45, 7) is 0.0277. The van der Waals surface area contributed by atoms with Crippen LogP contribution in [-0.2, 0) is 0 Å². The zero-order valence-electron chi connectivity index (χ0n) is 23.5. The Hall–Kier alpha value is -5.74. The highest BCUT2D eigenvalue weighted by molar-refractivity contribution is 6.99. The average Bonchev–Trinajstić information content (AvgIpc) is 3.77. The first-order valence-electron chi connectivity index (χ1n) is 15.3. The molecule has 0 aliphatic carbocycles. The first kappa shape index (κ1) is 21.9. The molecular weight excluding hydrogens is 535 g/mol. The van der Waals surface area contributed by atoms with E-state index in [-0.39, 0.29) is 6.71 Å². The molecule has 0 spiro atoms. The number of rotatable bonds is 0. The Labute approximate surface area is 251 Å². The average molecular weight is 556 g/mol. The van der Waals surface area contributed by atoms with Crippen LogP contribution in [0.4, 0.5) is 0 Å². The van der Waals surface area contributed by atoms with Gasteiger partial charge in [-0.15, -0.1) is 0 Å². The van der Waals surface area contributed by atoms with Gasteiger partial charge in [-0.1, -0.05) is 97.1 Å². The van der Waals surface area contributed by atoms with Gasteiger partial charge in [0.2, 0.25) is 0 Å².